The van der Waals surface area contributed by atoms with Crippen LogP contribution in [0.15, 0.2) is 54.6 Å². The van der Waals surface area contributed by atoms with Gasteiger partial charge in [0.15, 0.2) is 0 Å². The predicted molar refractivity (Wildman–Crippen MR) is 112 cm³/mol. The monoisotopic (exact) mass is 372 g/mol. The van der Waals surface area contributed by atoms with Gasteiger partial charge in [0.25, 0.3) is 5.91 Å². The Balaban J connectivity index is 1.62. The van der Waals surface area contributed by atoms with Gasteiger partial charge in [0, 0.05) is 23.1 Å². The van der Waals surface area contributed by atoms with Crippen LogP contribution in [0.2, 0.25) is 0 Å². The van der Waals surface area contributed by atoms with Crippen LogP contribution in [0, 0.1) is 6.92 Å². The third-order valence-corrected chi connectivity index (χ3v) is 5.12. The van der Waals surface area contributed by atoms with Crippen LogP contribution in [-0.2, 0) is 12.8 Å². The third kappa shape index (κ3) is 3.48. The summed E-state index contributed by atoms with van der Waals surface area (Å²) in [6, 6.07) is 18.1. The molecule has 1 atom stereocenters. The second kappa shape index (κ2) is 7.43. The van der Waals surface area contributed by atoms with E-state index in [0.29, 0.717) is 11.6 Å². The fourth-order valence-corrected chi connectivity index (χ4v) is 3.69. The first-order valence-electron chi connectivity index (χ1n) is 9.68. The number of anilines is 3. The van der Waals surface area contributed by atoms with Crippen molar-refractivity contribution in [3.05, 3.63) is 77.1 Å². The standard InChI is InChI=1S/C23H24N4O/c1-4-17-9-11-19(12-10-17)25-23-24-15(2)13-20(26-23)22(28)27-16(3)14-18-7-5-6-8-21(18)27/h5-13,16H,4,14H2,1-3H3,(H,24,25,26). The molecule has 0 aliphatic carbocycles. The van der Waals surface area contributed by atoms with Crippen molar-refractivity contribution < 1.29 is 4.79 Å². The number of aromatic nitrogens is 2. The molecule has 142 valence electrons. The first-order valence-corrected chi connectivity index (χ1v) is 9.68. The van der Waals surface area contributed by atoms with E-state index in [1.54, 1.807) is 6.07 Å². The zero-order valence-electron chi connectivity index (χ0n) is 16.4. The van der Waals surface area contributed by atoms with Crippen molar-refractivity contribution in [2.45, 2.75) is 39.7 Å². The van der Waals surface area contributed by atoms with Gasteiger partial charge in [-0.3, -0.25) is 4.79 Å². The molecule has 4 rings (SSSR count). The molecule has 5 heteroatoms. The molecule has 0 saturated carbocycles. The Morgan fingerprint density at radius 1 is 1.14 bits per heavy atom. The Labute approximate surface area is 165 Å². The number of benzene rings is 2. The molecule has 1 aliphatic heterocycles. The molecular weight excluding hydrogens is 348 g/mol. The molecule has 0 radical (unpaired) electrons. The second-order valence-electron chi connectivity index (χ2n) is 7.25. The van der Waals surface area contributed by atoms with E-state index in [1.807, 2.05) is 42.2 Å². The summed E-state index contributed by atoms with van der Waals surface area (Å²) in [7, 11) is 0. The molecule has 1 aliphatic rings. The lowest BCUT2D eigenvalue weighted by molar-refractivity contribution is 0.0976. The Morgan fingerprint density at radius 2 is 1.89 bits per heavy atom. The minimum absolute atomic E-state index is 0.0904. The second-order valence-corrected chi connectivity index (χ2v) is 7.25. The highest BCUT2D eigenvalue weighted by atomic mass is 16.2. The Hall–Kier alpha value is -3.21. The van der Waals surface area contributed by atoms with Gasteiger partial charge in [-0.05, 0) is 62.1 Å². The Kier molecular flexibility index (Phi) is 4.82. The van der Waals surface area contributed by atoms with Gasteiger partial charge in [0.05, 0.1) is 0 Å². The summed E-state index contributed by atoms with van der Waals surface area (Å²) in [6.45, 7) is 6.08. The van der Waals surface area contributed by atoms with Crippen molar-refractivity contribution in [2.24, 2.45) is 0 Å². The number of nitrogens with zero attached hydrogens (tertiary/aromatic N) is 3. The summed E-state index contributed by atoms with van der Waals surface area (Å²) < 4.78 is 0. The summed E-state index contributed by atoms with van der Waals surface area (Å²) >= 11 is 0. The summed E-state index contributed by atoms with van der Waals surface area (Å²) in [6.07, 6.45) is 1.86. The number of amides is 1. The lowest BCUT2D eigenvalue weighted by Gasteiger charge is -2.22. The van der Waals surface area contributed by atoms with Gasteiger partial charge in [0.1, 0.15) is 5.69 Å². The van der Waals surface area contributed by atoms with Crippen molar-refractivity contribution in [1.82, 2.24) is 9.97 Å². The van der Waals surface area contributed by atoms with Crippen molar-refractivity contribution in [3.8, 4) is 0 Å². The average molecular weight is 372 g/mol. The Morgan fingerprint density at radius 3 is 2.64 bits per heavy atom. The molecule has 0 spiro atoms. The average Bonchev–Trinajstić information content (AvgIpc) is 3.03. The fourth-order valence-electron chi connectivity index (χ4n) is 3.69. The first kappa shape index (κ1) is 18.2. The van der Waals surface area contributed by atoms with E-state index in [-0.39, 0.29) is 11.9 Å². The highest BCUT2D eigenvalue weighted by Gasteiger charge is 2.32. The van der Waals surface area contributed by atoms with Crippen LogP contribution in [0.1, 0.15) is 41.2 Å². The highest BCUT2D eigenvalue weighted by Crippen LogP contribution is 2.33. The summed E-state index contributed by atoms with van der Waals surface area (Å²) in [4.78, 5) is 24.1. The highest BCUT2D eigenvalue weighted by molar-refractivity contribution is 6.06. The summed E-state index contributed by atoms with van der Waals surface area (Å²) in [5.41, 5.74) is 5.51. The number of hydrogen-bond acceptors (Lipinski definition) is 4. The molecule has 1 unspecified atom stereocenters. The van der Waals surface area contributed by atoms with E-state index in [9.17, 15) is 4.79 Å². The SMILES string of the molecule is CCc1ccc(Nc2nc(C)cc(C(=O)N3c4ccccc4CC3C)n2)cc1. The van der Waals surface area contributed by atoms with E-state index in [4.69, 9.17) is 0 Å². The number of para-hydroxylation sites is 1. The van der Waals surface area contributed by atoms with E-state index in [1.165, 1.54) is 11.1 Å². The number of nitrogens with one attached hydrogen (secondary N) is 1. The van der Waals surface area contributed by atoms with Crippen molar-refractivity contribution in [1.29, 1.82) is 0 Å². The van der Waals surface area contributed by atoms with Crippen LogP contribution in [0.25, 0.3) is 0 Å². The van der Waals surface area contributed by atoms with Gasteiger partial charge in [-0.1, -0.05) is 37.3 Å². The van der Waals surface area contributed by atoms with Crippen molar-refractivity contribution in [2.75, 3.05) is 10.2 Å². The quantitative estimate of drug-likeness (QED) is 0.722. The molecule has 1 N–H and O–H groups in total. The molecule has 2 heterocycles. The molecule has 0 bridgehead atoms. The van der Waals surface area contributed by atoms with E-state index in [2.05, 4.69) is 47.3 Å². The molecule has 1 amide bonds. The number of fused-ring (bicyclic) bond motifs is 1. The van der Waals surface area contributed by atoms with Gasteiger partial charge < -0.3 is 10.2 Å². The van der Waals surface area contributed by atoms with Crippen molar-refractivity contribution >= 4 is 23.2 Å². The maximum absolute atomic E-state index is 13.3. The van der Waals surface area contributed by atoms with Gasteiger partial charge >= 0.3 is 0 Å². The molecule has 0 fully saturated rings. The first-order chi connectivity index (χ1) is 13.5. The topological polar surface area (TPSA) is 58.1 Å². The van der Waals surface area contributed by atoms with Crippen LogP contribution in [0.5, 0.6) is 0 Å². The number of carbonyl (C=O) groups is 1. The van der Waals surface area contributed by atoms with Gasteiger partial charge in [-0.15, -0.1) is 0 Å². The van der Waals surface area contributed by atoms with E-state index >= 15 is 0 Å². The molecular formula is C23H24N4O. The number of rotatable bonds is 4. The Bertz CT molecular complexity index is 1010. The molecule has 2 aromatic carbocycles. The van der Waals surface area contributed by atoms with Gasteiger partial charge in [-0.25, -0.2) is 9.97 Å². The number of hydrogen-bond donors (Lipinski definition) is 1. The zero-order chi connectivity index (χ0) is 19.7. The lowest BCUT2D eigenvalue weighted by Crippen LogP contribution is -2.36. The van der Waals surface area contributed by atoms with Gasteiger partial charge in [0.2, 0.25) is 5.95 Å². The lowest BCUT2D eigenvalue weighted by atomic mass is 10.1. The summed E-state index contributed by atoms with van der Waals surface area (Å²) in [5, 5.41) is 3.22. The van der Waals surface area contributed by atoms with Crippen LogP contribution < -0.4 is 10.2 Å². The van der Waals surface area contributed by atoms with Crippen LogP contribution >= 0.6 is 0 Å². The molecule has 1 aromatic heterocycles. The summed E-state index contributed by atoms with van der Waals surface area (Å²) in [5.74, 6) is 0.347. The van der Waals surface area contributed by atoms with E-state index < -0.39 is 0 Å². The molecule has 3 aromatic rings. The maximum Gasteiger partial charge on any atom is 0.277 e. The molecule has 0 saturated heterocycles. The third-order valence-electron chi connectivity index (χ3n) is 5.12. The number of aryl methyl sites for hydroxylation is 2. The zero-order valence-corrected chi connectivity index (χ0v) is 16.4. The van der Waals surface area contributed by atoms with Crippen LogP contribution in [-0.4, -0.2) is 21.9 Å². The molecule has 28 heavy (non-hydrogen) atoms. The van der Waals surface area contributed by atoms with E-state index in [0.717, 1.165) is 29.9 Å². The number of carbonyl (C=O) groups excluding carboxylic acids is 1. The predicted octanol–water partition coefficient (Wildman–Crippen LogP) is 4.68. The minimum Gasteiger partial charge on any atom is -0.324 e. The molecule has 5 nitrogen and oxygen atoms in total. The fraction of sp³-hybridized carbons (Fsp3) is 0.261. The van der Waals surface area contributed by atoms with Crippen molar-refractivity contribution in [3.63, 3.8) is 0 Å². The smallest absolute Gasteiger partial charge is 0.277 e. The van der Waals surface area contributed by atoms with Gasteiger partial charge in [-0.2, -0.15) is 0 Å². The maximum atomic E-state index is 13.3. The van der Waals surface area contributed by atoms with Crippen LogP contribution in [0.4, 0.5) is 17.3 Å². The normalized spacial score (nSPS) is 15.4. The van der Waals surface area contributed by atoms with Crippen LogP contribution in [0.3, 0.4) is 0 Å². The minimum atomic E-state index is -0.0904. The largest absolute Gasteiger partial charge is 0.324 e.